The largest absolute Gasteiger partial charge is 0.361 e. The Bertz CT molecular complexity index is 897. The topological polar surface area (TPSA) is 55.6 Å². The summed E-state index contributed by atoms with van der Waals surface area (Å²) in [5.74, 6) is 0. The van der Waals surface area contributed by atoms with Crippen molar-refractivity contribution in [2.45, 2.75) is 12.8 Å². The quantitative estimate of drug-likeness (QED) is 0.247. The Morgan fingerprint density at radius 1 is 0.571 bits per heavy atom. The van der Waals surface area contributed by atoms with Gasteiger partial charge in [-0.3, -0.25) is 0 Å². The SMILES string of the molecule is Br.Br.c1ccc2c(CCNCCNCCc3c[nH]c4ccccc34)c[nH]c2c1. The van der Waals surface area contributed by atoms with Crippen molar-refractivity contribution in [3.63, 3.8) is 0 Å². The van der Waals surface area contributed by atoms with E-state index < -0.39 is 0 Å². The second-order valence-electron chi connectivity index (χ2n) is 6.72. The van der Waals surface area contributed by atoms with Gasteiger partial charge in [-0.1, -0.05) is 36.4 Å². The molecular weight excluding hydrogens is 480 g/mol. The zero-order valence-electron chi connectivity index (χ0n) is 15.8. The highest BCUT2D eigenvalue weighted by Crippen LogP contribution is 2.18. The maximum absolute atomic E-state index is 3.53. The van der Waals surface area contributed by atoms with Crippen LogP contribution < -0.4 is 10.6 Å². The van der Waals surface area contributed by atoms with Gasteiger partial charge in [-0.15, -0.1) is 34.0 Å². The van der Waals surface area contributed by atoms with E-state index in [0.717, 1.165) is 39.0 Å². The predicted molar refractivity (Wildman–Crippen MR) is 130 cm³/mol. The van der Waals surface area contributed by atoms with Crippen LogP contribution in [0.2, 0.25) is 0 Å². The molecule has 0 unspecified atom stereocenters. The smallest absolute Gasteiger partial charge is 0.0456 e. The van der Waals surface area contributed by atoms with Crippen LogP contribution in [0.5, 0.6) is 0 Å². The predicted octanol–water partition coefficient (Wildman–Crippen LogP) is 4.77. The molecule has 4 aromatic rings. The van der Waals surface area contributed by atoms with E-state index in [-0.39, 0.29) is 34.0 Å². The first-order valence-electron chi connectivity index (χ1n) is 9.43. The molecule has 4 rings (SSSR count). The van der Waals surface area contributed by atoms with Crippen molar-refractivity contribution >= 4 is 55.8 Å². The van der Waals surface area contributed by atoms with E-state index in [1.165, 1.54) is 32.9 Å². The summed E-state index contributed by atoms with van der Waals surface area (Å²) < 4.78 is 0. The number of benzene rings is 2. The number of rotatable bonds is 9. The van der Waals surface area contributed by atoms with Gasteiger partial charge in [0.1, 0.15) is 0 Å². The van der Waals surface area contributed by atoms with Gasteiger partial charge in [-0.25, -0.2) is 0 Å². The molecule has 28 heavy (non-hydrogen) atoms. The van der Waals surface area contributed by atoms with Gasteiger partial charge in [0.25, 0.3) is 0 Å². The highest BCUT2D eigenvalue weighted by molar-refractivity contribution is 8.93. The van der Waals surface area contributed by atoms with E-state index >= 15 is 0 Å². The Labute approximate surface area is 187 Å². The molecule has 0 fully saturated rings. The van der Waals surface area contributed by atoms with Gasteiger partial charge in [-0.2, -0.15) is 0 Å². The van der Waals surface area contributed by atoms with Gasteiger partial charge in [0.15, 0.2) is 0 Å². The van der Waals surface area contributed by atoms with E-state index in [4.69, 9.17) is 0 Å². The van der Waals surface area contributed by atoms with Crippen LogP contribution in [0.1, 0.15) is 11.1 Å². The van der Waals surface area contributed by atoms with E-state index in [2.05, 4.69) is 81.5 Å². The van der Waals surface area contributed by atoms with Crippen molar-refractivity contribution in [3.05, 3.63) is 72.1 Å². The van der Waals surface area contributed by atoms with Crippen LogP contribution in [0.4, 0.5) is 0 Å². The first-order valence-corrected chi connectivity index (χ1v) is 9.43. The third kappa shape index (κ3) is 5.47. The van der Waals surface area contributed by atoms with Crippen molar-refractivity contribution in [2.75, 3.05) is 26.2 Å². The Hall–Kier alpha value is -1.60. The Morgan fingerprint density at radius 3 is 1.46 bits per heavy atom. The number of fused-ring (bicyclic) bond motifs is 2. The summed E-state index contributed by atoms with van der Waals surface area (Å²) in [7, 11) is 0. The van der Waals surface area contributed by atoms with E-state index in [9.17, 15) is 0 Å². The van der Waals surface area contributed by atoms with Crippen molar-refractivity contribution in [1.29, 1.82) is 0 Å². The highest BCUT2D eigenvalue weighted by Gasteiger charge is 2.03. The fourth-order valence-corrected chi connectivity index (χ4v) is 3.55. The summed E-state index contributed by atoms with van der Waals surface area (Å²) in [5, 5.41) is 9.74. The normalized spacial score (nSPS) is 10.7. The van der Waals surface area contributed by atoms with Crippen molar-refractivity contribution in [3.8, 4) is 0 Å². The van der Waals surface area contributed by atoms with Crippen LogP contribution in [-0.2, 0) is 12.8 Å². The molecule has 6 heteroatoms. The molecule has 150 valence electrons. The Balaban J connectivity index is 0.00000140. The summed E-state index contributed by atoms with van der Waals surface area (Å²) in [6.45, 7) is 4.00. The molecule has 2 aromatic carbocycles. The third-order valence-electron chi connectivity index (χ3n) is 4.97. The van der Waals surface area contributed by atoms with E-state index in [1.807, 2.05) is 0 Å². The van der Waals surface area contributed by atoms with Crippen LogP contribution in [0.15, 0.2) is 60.9 Å². The molecule has 0 spiro atoms. The van der Waals surface area contributed by atoms with Gasteiger partial charge in [-0.05, 0) is 49.2 Å². The molecule has 0 saturated carbocycles. The van der Waals surface area contributed by atoms with Crippen molar-refractivity contribution in [1.82, 2.24) is 20.6 Å². The standard InChI is InChI=1S/C22H26N4.2BrH/c1-3-7-21-19(5-1)17(15-25-21)9-11-23-13-14-24-12-10-18-16-26-22-8-4-2-6-20(18)22;;/h1-8,15-16,23-26H,9-14H2;2*1H. The monoisotopic (exact) mass is 506 g/mol. The summed E-state index contributed by atoms with van der Waals surface area (Å²) in [6, 6.07) is 17.0. The molecule has 2 heterocycles. The van der Waals surface area contributed by atoms with Crippen molar-refractivity contribution < 1.29 is 0 Å². The molecule has 2 aromatic heterocycles. The minimum atomic E-state index is 0. The number of aromatic nitrogens is 2. The second kappa shape index (κ2) is 11.4. The molecule has 0 amide bonds. The number of H-pyrrole nitrogens is 2. The van der Waals surface area contributed by atoms with Gasteiger partial charge in [0, 0.05) is 47.3 Å². The molecular formula is C22H28Br2N4. The Kier molecular flexibility index (Phi) is 9.25. The summed E-state index contributed by atoms with van der Waals surface area (Å²) in [6.07, 6.45) is 6.37. The number of hydrogen-bond donors (Lipinski definition) is 4. The molecule has 0 aliphatic carbocycles. The lowest BCUT2D eigenvalue weighted by molar-refractivity contribution is 0.612. The fourth-order valence-electron chi connectivity index (χ4n) is 3.55. The number of halogens is 2. The summed E-state index contributed by atoms with van der Waals surface area (Å²) in [5.41, 5.74) is 5.23. The van der Waals surface area contributed by atoms with Crippen LogP contribution >= 0.6 is 34.0 Å². The maximum atomic E-state index is 3.53. The van der Waals surface area contributed by atoms with Gasteiger partial charge in [0.2, 0.25) is 0 Å². The maximum Gasteiger partial charge on any atom is 0.0456 e. The number of para-hydroxylation sites is 2. The first kappa shape index (κ1) is 22.7. The molecule has 0 atom stereocenters. The fraction of sp³-hybridized carbons (Fsp3) is 0.273. The van der Waals surface area contributed by atoms with Crippen LogP contribution in [0.3, 0.4) is 0 Å². The summed E-state index contributed by atoms with van der Waals surface area (Å²) in [4.78, 5) is 6.68. The zero-order valence-corrected chi connectivity index (χ0v) is 19.3. The minimum absolute atomic E-state index is 0. The third-order valence-corrected chi connectivity index (χ3v) is 4.97. The number of nitrogens with one attached hydrogen (secondary N) is 4. The highest BCUT2D eigenvalue weighted by atomic mass is 79.9. The first-order chi connectivity index (χ1) is 12.9. The lowest BCUT2D eigenvalue weighted by Gasteiger charge is -2.06. The molecule has 0 bridgehead atoms. The lowest BCUT2D eigenvalue weighted by atomic mass is 10.1. The molecule has 0 aliphatic heterocycles. The van der Waals surface area contributed by atoms with Crippen molar-refractivity contribution in [2.24, 2.45) is 0 Å². The van der Waals surface area contributed by atoms with Gasteiger partial charge in [0.05, 0.1) is 0 Å². The van der Waals surface area contributed by atoms with Gasteiger partial charge < -0.3 is 20.6 Å². The Morgan fingerprint density at radius 2 is 1.00 bits per heavy atom. The zero-order chi connectivity index (χ0) is 17.6. The van der Waals surface area contributed by atoms with Crippen LogP contribution in [0.25, 0.3) is 21.8 Å². The van der Waals surface area contributed by atoms with E-state index in [0.29, 0.717) is 0 Å². The van der Waals surface area contributed by atoms with Crippen LogP contribution in [-0.4, -0.2) is 36.1 Å². The van der Waals surface area contributed by atoms with E-state index in [1.54, 1.807) is 0 Å². The number of aromatic amines is 2. The minimum Gasteiger partial charge on any atom is -0.361 e. The average Bonchev–Trinajstić information content (AvgIpc) is 3.28. The summed E-state index contributed by atoms with van der Waals surface area (Å²) >= 11 is 0. The van der Waals surface area contributed by atoms with Gasteiger partial charge >= 0.3 is 0 Å². The molecule has 4 nitrogen and oxygen atoms in total. The second-order valence-corrected chi connectivity index (χ2v) is 6.72. The number of hydrogen-bond acceptors (Lipinski definition) is 2. The lowest BCUT2D eigenvalue weighted by Crippen LogP contribution is -2.29. The molecule has 4 N–H and O–H groups in total. The molecule has 0 aliphatic rings. The molecule has 0 radical (unpaired) electrons. The molecule has 0 saturated heterocycles. The van der Waals surface area contributed by atoms with Crippen LogP contribution in [0, 0.1) is 0 Å². The average molecular weight is 508 g/mol.